The minimum atomic E-state index is -0.204. The minimum Gasteiger partial charge on any atom is -0.468 e. The number of nitrogens with zero attached hydrogens (tertiary/aromatic N) is 2. The van der Waals surface area contributed by atoms with Crippen LogP contribution in [0.5, 0.6) is 0 Å². The molecule has 1 aliphatic carbocycles. The van der Waals surface area contributed by atoms with Crippen molar-refractivity contribution in [1.82, 2.24) is 9.55 Å². The van der Waals surface area contributed by atoms with Gasteiger partial charge in [-0.15, -0.1) is 11.8 Å². The number of imidazole rings is 1. The van der Waals surface area contributed by atoms with Crippen LogP contribution in [0.15, 0.2) is 23.1 Å². The maximum Gasteiger partial charge on any atom is 0.315 e. The van der Waals surface area contributed by atoms with Gasteiger partial charge >= 0.3 is 5.97 Å². The number of hydrogen-bond acceptors (Lipinski definition) is 4. The molecule has 2 aromatic rings. The third-order valence-corrected chi connectivity index (χ3v) is 5.08. The number of thioether (sulfide) groups is 1. The van der Waals surface area contributed by atoms with Gasteiger partial charge in [-0.3, -0.25) is 4.79 Å². The van der Waals surface area contributed by atoms with Crippen molar-refractivity contribution in [3.8, 4) is 0 Å². The molecule has 3 rings (SSSR count). The summed E-state index contributed by atoms with van der Waals surface area (Å²) < 4.78 is 7.09. The van der Waals surface area contributed by atoms with Crippen LogP contribution in [0, 0.1) is 5.92 Å². The lowest BCUT2D eigenvalue weighted by atomic mass is 9.95. The van der Waals surface area contributed by atoms with E-state index >= 15 is 0 Å². The third kappa shape index (κ3) is 3.71. The van der Waals surface area contributed by atoms with Gasteiger partial charge in [0.2, 0.25) is 0 Å². The Morgan fingerprint density at radius 3 is 2.74 bits per heavy atom. The molecular formula is C18H24N2O2S. The van der Waals surface area contributed by atoms with Crippen LogP contribution in [0.1, 0.15) is 39.4 Å². The summed E-state index contributed by atoms with van der Waals surface area (Å²) in [5.41, 5.74) is 2.24. The van der Waals surface area contributed by atoms with Gasteiger partial charge in [0.25, 0.3) is 0 Å². The molecule has 23 heavy (non-hydrogen) atoms. The van der Waals surface area contributed by atoms with Crippen LogP contribution in [0.4, 0.5) is 0 Å². The van der Waals surface area contributed by atoms with Gasteiger partial charge in [-0.2, -0.15) is 0 Å². The van der Waals surface area contributed by atoms with E-state index < -0.39 is 0 Å². The number of benzene rings is 1. The van der Waals surface area contributed by atoms with Crippen molar-refractivity contribution >= 4 is 28.8 Å². The van der Waals surface area contributed by atoms with Gasteiger partial charge in [0.05, 0.1) is 23.9 Å². The van der Waals surface area contributed by atoms with E-state index in [2.05, 4.69) is 43.5 Å². The van der Waals surface area contributed by atoms with Crippen molar-refractivity contribution in [1.29, 1.82) is 0 Å². The molecule has 0 radical (unpaired) electrons. The molecule has 1 aromatic heterocycles. The van der Waals surface area contributed by atoms with Crippen LogP contribution in [0.2, 0.25) is 0 Å². The summed E-state index contributed by atoms with van der Waals surface area (Å²) in [6.07, 6.45) is 2.66. The van der Waals surface area contributed by atoms with Crippen LogP contribution >= 0.6 is 11.8 Å². The van der Waals surface area contributed by atoms with Gasteiger partial charge < -0.3 is 9.30 Å². The number of hydrogen-bond donors (Lipinski definition) is 0. The zero-order valence-corrected chi connectivity index (χ0v) is 15.1. The molecule has 1 aliphatic rings. The van der Waals surface area contributed by atoms with E-state index in [9.17, 15) is 4.79 Å². The Hall–Kier alpha value is -1.49. The molecular weight excluding hydrogens is 308 g/mol. The second-order valence-electron chi connectivity index (χ2n) is 7.25. The first-order valence-electron chi connectivity index (χ1n) is 8.09. The zero-order valence-electron chi connectivity index (χ0n) is 14.3. The normalized spacial score (nSPS) is 15.1. The fourth-order valence-electron chi connectivity index (χ4n) is 2.72. The standard InChI is InChI=1S/C18H24N2O2S/c1-18(2,3)17-19-14-9-13(23-11-16(21)22-4)7-8-15(14)20(17)10-12-5-6-12/h7-9,12H,5-6,10-11H2,1-4H3. The number of carbonyl (C=O) groups excluding carboxylic acids is 1. The Morgan fingerprint density at radius 1 is 1.39 bits per heavy atom. The van der Waals surface area contributed by atoms with Crippen molar-refractivity contribution < 1.29 is 9.53 Å². The lowest BCUT2D eigenvalue weighted by Crippen LogP contribution is -2.19. The number of aromatic nitrogens is 2. The Balaban J connectivity index is 1.94. The van der Waals surface area contributed by atoms with E-state index in [0.717, 1.165) is 28.7 Å². The molecule has 0 atom stereocenters. The molecule has 1 fully saturated rings. The van der Waals surface area contributed by atoms with Gasteiger partial charge in [-0.1, -0.05) is 20.8 Å². The fourth-order valence-corrected chi connectivity index (χ4v) is 3.48. The summed E-state index contributed by atoms with van der Waals surface area (Å²) >= 11 is 1.49. The van der Waals surface area contributed by atoms with Gasteiger partial charge in [-0.05, 0) is 37.0 Å². The van der Waals surface area contributed by atoms with E-state index in [4.69, 9.17) is 9.72 Å². The molecule has 0 spiro atoms. The highest BCUT2D eigenvalue weighted by Crippen LogP contribution is 2.35. The van der Waals surface area contributed by atoms with Gasteiger partial charge in [0, 0.05) is 16.9 Å². The topological polar surface area (TPSA) is 44.1 Å². The largest absolute Gasteiger partial charge is 0.468 e. The Morgan fingerprint density at radius 2 is 2.13 bits per heavy atom. The van der Waals surface area contributed by atoms with Crippen molar-refractivity contribution in [2.75, 3.05) is 12.9 Å². The second kappa shape index (κ2) is 6.19. The van der Waals surface area contributed by atoms with Crippen LogP contribution in [0.3, 0.4) is 0 Å². The zero-order chi connectivity index (χ0) is 16.6. The molecule has 124 valence electrons. The minimum absolute atomic E-state index is 0.0211. The van der Waals surface area contributed by atoms with Crippen LogP contribution < -0.4 is 0 Å². The fraction of sp³-hybridized carbons (Fsp3) is 0.556. The number of esters is 1. The predicted octanol–water partition coefficient (Wildman–Crippen LogP) is 4.01. The number of rotatable bonds is 5. The van der Waals surface area contributed by atoms with Crippen molar-refractivity contribution in [2.24, 2.45) is 5.92 Å². The smallest absolute Gasteiger partial charge is 0.315 e. The van der Waals surface area contributed by atoms with E-state index in [1.807, 2.05) is 0 Å². The Bertz CT molecular complexity index is 726. The molecule has 0 unspecified atom stereocenters. The lowest BCUT2D eigenvalue weighted by molar-refractivity contribution is -0.137. The van der Waals surface area contributed by atoms with Gasteiger partial charge in [-0.25, -0.2) is 4.98 Å². The van der Waals surface area contributed by atoms with Gasteiger partial charge in [0.1, 0.15) is 5.82 Å². The van der Waals surface area contributed by atoms with Crippen molar-refractivity contribution in [3.05, 3.63) is 24.0 Å². The van der Waals surface area contributed by atoms with E-state index in [1.54, 1.807) is 0 Å². The maximum absolute atomic E-state index is 11.3. The molecule has 0 aliphatic heterocycles. The molecule has 1 aromatic carbocycles. The molecule has 0 bridgehead atoms. The first-order valence-corrected chi connectivity index (χ1v) is 9.07. The number of methoxy groups -OCH3 is 1. The number of ether oxygens (including phenoxy) is 1. The summed E-state index contributed by atoms with van der Waals surface area (Å²) in [5, 5.41) is 0. The molecule has 1 heterocycles. The Labute approximate surface area is 141 Å². The maximum atomic E-state index is 11.3. The molecule has 1 saturated carbocycles. The summed E-state index contributed by atoms with van der Waals surface area (Å²) in [4.78, 5) is 17.3. The summed E-state index contributed by atoms with van der Waals surface area (Å²) in [7, 11) is 1.42. The summed E-state index contributed by atoms with van der Waals surface area (Å²) in [6.45, 7) is 7.71. The quantitative estimate of drug-likeness (QED) is 0.613. The van der Waals surface area contributed by atoms with Crippen LogP contribution in [-0.4, -0.2) is 28.4 Å². The summed E-state index contributed by atoms with van der Waals surface area (Å²) in [5.74, 6) is 2.08. The first-order chi connectivity index (χ1) is 10.9. The van der Waals surface area contributed by atoms with Crippen molar-refractivity contribution in [2.45, 2.75) is 50.5 Å². The van der Waals surface area contributed by atoms with E-state index in [-0.39, 0.29) is 11.4 Å². The monoisotopic (exact) mass is 332 g/mol. The first kappa shape index (κ1) is 16.4. The third-order valence-electron chi connectivity index (χ3n) is 4.11. The lowest BCUT2D eigenvalue weighted by Gasteiger charge is -2.20. The SMILES string of the molecule is COC(=O)CSc1ccc2c(c1)nc(C(C)(C)C)n2CC1CC1. The number of fused-ring (bicyclic) bond motifs is 1. The predicted molar refractivity (Wildman–Crippen MR) is 93.9 cm³/mol. The molecule has 5 heteroatoms. The highest BCUT2D eigenvalue weighted by molar-refractivity contribution is 8.00. The molecule has 0 saturated heterocycles. The van der Waals surface area contributed by atoms with Crippen LogP contribution in [0.25, 0.3) is 11.0 Å². The van der Waals surface area contributed by atoms with E-state index in [0.29, 0.717) is 5.75 Å². The van der Waals surface area contributed by atoms with E-state index in [1.165, 1.54) is 37.2 Å². The Kier molecular flexibility index (Phi) is 4.41. The average molecular weight is 332 g/mol. The summed E-state index contributed by atoms with van der Waals surface area (Å²) in [6, 6.07) is 6.30. The molecule has 0 amide bonds. The molecule has 4 nitrogen and oxygen atoms in total. The highest BCUT2D eigenvalue weighted by Gasteiger charge is 2.28. The second-order valence-corrected chi connectivity index (χ2v) is 8.30. The van der Waals surface area contributed by atoms with Crippen LogP contribution in [-0.2, 0) is 21.5 Å². The molecule has 0 N–H and O–H groups in total. The highest BCUT2D eigenvalue weighted by atomic mass is 32.2. The number of carbonyl (C=O) groups is 1. The van der Waals surface area contributed by atoms with Crippen molar-refractivity contribution in [3.63, 3.8) is 0 Å². The average Bonchev–Trinajstić information content (AvgIpc) is 3.24. The van der Waals surface area contributed by atoms with Gasteiger partial charge in [0.15, 0.2) is 0 Å².